The summed E-state index contributed by atoms with van der Waals surface area (Å²) in [5.74, 6) is 0.158. The van der Waals surface area contributed by atoms with Gasteiger partial charge < -0.3 is 24.3 Å². The van der Waals surface area contributed by atoms with Gasteiger partial charge in [0.1, 0.15) is 17.2 Å². The fourth-order valence-corrected chi connectivity index (χ4v) is 2.20. The van der Waals surface area contributed by atoms with Gasteiger partial charge in [-0.05, 0) is 43.3 Å². The van der Waals surface area contributed by atoms with Crippen LogP contribution in [0.15, 0.2) is 42.5 Å². The molecule has 2 rings (SSSR count). The topological polar surface area (TPSA) is 107 Å². The maximum Gasteiger partial charge on any atom is 0.344 e. The van der Waals surface area contributed by atoms with Crippen LogP contribution < -0.4 is 19.5 Å². The van der Waals surface area contributed by atoms with E-state index in [9.17, 15) is 9.59 Å². The lowest BCUT2D eigenvalue weighted by atomic mass is 10.2. The molecule has 0 aliphatic carbocycles. The first kappa shape index (κ1) is 20.6. The number of hydrogen-bond donors (Lipinski definition) is 1. The number of anilines is 1. The van der Waals surface area contributed by atoms with E-state index in [1.54, 1.807) is 42.5 Å². The third-order valence-electron chi connectivity index (χ3n) is 3.68. The van der Waals surface area contributed by atoms with Crippen LogP contribution in [0.1, 0.15) is 12.5 Å². The first-order valence-electron chi connectivity index (χ1n) is 8.32. The third kappa shape index (κ3) is 5.64. The molecule has 0 aliphatic rings. The quantitative estimate of drug-likeness (QED) is 0.697. The van der Waals surface area contributed by atoms with Gasteiger partial charge in [0.2, 0.25) is 0 Å². The number of hydrogen-bond acceptors (Lipinski definition) is 7. The summed E-state index contributed by atoms with van der Waals surface area (Å²) in [6, 6.07) is 13.2. The van der Waals surface area contributed by atoms with Crippen molar-refractivity contribution < 1.29 is 28.5 Å². The van der Waals surface area contributed by atoms with E-state index in [0.717, 1.165) is 0 Å². The lowest BCUT2D eigenvalue weighted by Gasteiger charge is -2.16. The molecule has 0 heterocycles. The number of benzene rings is 2. The van der Waals surface area contributed by atoms with Crippen LogP contribution in [-0.2, 0) is 14.3 Å². The summed E-state index contributed by atoms with van der Waals surface area (Å²) in [4.78, 5) is 24.2. The molecule has 0 aromatic heterocycles. The molecular formula is C20H20N2O6. The van der Waals surface area contributed by atoms with E-state index in [1.165, 1.54) is 21.1 Å². The van der Waals surface area contributed by atoms with Crippen LogP contribution in [0.5, 0.6) is 17.2 Å². The number of amides is 1. The summed E-state index contributed by atoms with van der Waals surface area (Å²) in [6.45, 7) is 1.08. The maximum absolute atomic E-state index is 12.3. The molecule has 1 unspecified atom stereocenters. The van der Waals surface area contributed by atoms with E-state index in [4.69, 9.17) is 24.2 Å². The SMILES string of the molecule is COc1ccc(OC)c(NC(=O)C(C)OC(=O)COc2ccc(C#N)cc2)c1. The first-order chi connectivity index (χ1) is 13.5. The number of esters is 1. The van der Waals surface area contributed by atoms with Crippen molar-refractivity contribution in [2.24, 2.45) is 0 Å². The second-order valence-electron chi connectivity index (χ2n) is 5.61. The standard InChI is InChI=1S/C20H20N2O6/c1-13(20(24)22-17-10-16(25-2)8-9-18(17)26-3)28-19(23)12-27-15-6-4-14(11-21)5-7-15/h4-10,13H,12H2,1-3H3,(H,22,24). The highest BCUT2D eigenvalue weighted by Gasteiger charge is 2.20. The van der Waals surface area contributed by atoms with Gasteiger partial charge in [-0.1, -0.05) is 0 Å². The molecule has 146 valence electrons. The molecule has 28 heavy (non-hydrogen) atoms. The lowest BCUT2D eigenvalue weighted by molar-refractivity contribution is -0.155. The van der Waals surface area contributed by atoms with Crippen LogP contribution in [0.3, 0.4) is 0 Å². The van der Waals surface area contributed by atoms with Gasteiger partial charge in [-0.3, -0.25) is 4.79 Å². The van der Waals surface area contributed by atoms with Crippen molar-refractivity contribution in [2.75, 3.05) is 26.1 Å². The molecule has 1 atom stereocenters. The van der Waals surface area contributed by atoms with Crippen LogP contribution in [0.25, 0.3) is 0 Å². The lowest BCUT2D eigenvalue weighted by Crippen LogP contribution is -2.31. The third-order valence-corrected chi connectivity index (χ3v) is 3.68. The summed E-state index contributed by atoms with van der Waals surface area (Å²) in [7, 11) is 2.98. The molecule has 2 aromatic carbocycles. The summed E-state index contributed by atoms with van der Waals surface area (Å²) in [5, 5.41) is 11.4. The Bertz CT molecular complexity index is 873. The second kappa shape index (κ2) is 9.83. The second-order valence-corrected chi connectivity index (χ2v) is 5.61. The van der Waals surface area contributed by atoms with Gasteiger partial charge in [-0.25, -0.2) is 4.79 Å². The molecule has 0 spiro atoms. The molecule has 1 N–H and O–H groups in total. The fraction of sp³-hybridized carbons (Fsp3) is 0.250. The number of ether oxygens (including phenoxy) is 4. The van der Waals surface area contributed by atoms with Gasteiger partial charge in [-0.15, -0.1) is 0 Å². The molecule has 8 nitrogen and oxygen atoms in total. The van der Waals surface area contributed by atoms with E-state index >= 15 is 0 Å². The van der Waals surface area contributed by atoms with E-state index in [-0.39, 0.29) is 6.61 Å². The Kier molecular flexibility index (Phi) is 7.22. The number of nitriles is 1. The zero-order chi connectivity index (χ0) is 20.5. The molecule has 2 aromatic rings. The van der Waals surface area contributed by atoms with E-state index < -0.39 is 18.0 Å². The summed E-state index contributed by atoms with van der Waals surface area (Å²) >= 11 is 0. The van der Waals surface area contributed by atoms with Crippen LogP contribution in [-0.4, -0.2) is 38.8 Å². The van der Waals surface area contributed by atoms with Gasteiger partial charge in [0, 0.05) is 6.07 Å². The zero-order valence-corrected chi connectivity index (χ0v) is 15.7. The van der Waals surface area contributed by atoms with Gasteiger partial charge in [0.15, 0.2) is 12.7 Å². The monoisotopic (exact) mass is 384 g/mol. The highest BCUT2D eigenvalue weighted by Crippen LogP contribution is 2.29. The zero-order valence-electron chi connectivity index (χ0n) is 15.7. The highest BCUT2D eigenvalue weighted by molar-refractivity contribution is 5.96. The Hall–Kier alpha value is -3.73. The minimum atomic E-state index is -1.05. The van der Waals surface area contributed by atoms with E-state index in [0.29, 0.717) is 28.5 Å². The maximum atomic E-state index is 12.3. The van der Waals surface area contributed by atoms with Crippen molar-refractivity contribution in [3.05, 3.63) is 48.0 Å². The molecule has 0 radical (unpaired) electrons. The largest absolute Gasteiger partial charge is 0.497 e. The van der Waals surface area contributed by atoms with Crippen molar-refractivity contribution in [3.63, 3.8) is 0 Å². The Morgan fingerprint density at radius 1 is 1.07 bits per heavy atom. The van der Waals surface area contributed by atoms with Gasteiger partial charge in [-0.2, -0.15) is 5.26 Å². The van der Waals surface area contributed by atoms with Gasteiger partial charge in [0.25, 0.3) is 5.91 Å². The van der Waals surface area contributed by atoms with Crippen molar-refractivity contribution in [1.82, 2.24) is 0 Å². The predicted octanol–water partition coefficient (Wildman–Crippen LogP) is 2.52. The molecular weight excluding hydrogens is 364 g/mol. The van der Waals surface area contributed by atoms with Gasteiger partial charge in [0.05, 0.1) is 31.5 Å². The average Bonchev–Trinajstić information content (AvgIpc) is 2.72. The molecule has 0 bridgehead atoms. The van der Waals surface area contributed by atoms with Crippen LogP contribution in [0.4, 0.5) is 5.69 Å². The average molecular weight is 384 g/mol. The molecule has 0 aliphatic heterocycles. The van der Waals surface area contributed by atoms with Crippen LogP contribution in [0, 0.1) is 11.3 Å². The Morgan fingerprint density at radius 2 is 1.75 bits per heavy atom. The smallest absolute Gasteiger partial charge is 0.344 e. The minimum Gasteiger partial charge on any atom is -0.497 e. The normalized spacial score (nSPS) is 10.9. The molecule has 1 amide bonds. The summed E-state index contributed by atoms with van der Waals surface area (Å²) in [5.41, 5.74) is 0.872. The van der Waals surface area contributed by atoms with Gasteiger partial charge >= 0.3 is 5.97 Å². The molecule has 0 saturated heterocycles. The number of rotatable bonds is 8. The number of methoxy groups -OCH3 is 2. The van der Waals surface area contributed by atoms with Crippen molar-refractivity contribution in [2.45, 2.75) is 13.0 Å². The number of nitrogens with one attached hydrogen (secondary N) is 1. The summed E-state index contributed by atoms with van der Waals surface area (Å²) < 4.78 is 20.7. The predicted molar refractivity (Wildman–Crippen MR) is 100 cm³/mol. The Balaban J connectivity index is 1.89. The molecule has 0 saturated carbocycles. The number of nitrogens with zero attached hydrogens (tertiary/aromatic N) is 1. The highest BCUT2D eigenvalue weighted by atomic mass is 16.6. The molecule has 8 heteroatoms. The Morgan fingerprint density at radius 3 is 2.36 bits per heavy atom. The van der Waals surface area contributed by atoms with Crippen LogP contribution >= 0.6 is 0 Å². The van der Waals surface area contributed by atoms with Crippen molar-refractivity contribution >= 4 is 17.6 Å². The van der Waals surface area contributed by atoms with Crippen LogP contribution in [0.2, 0.25) is 0 Å². The Labute approximate surface area is 162 Å². The fourth-order valence-electron chi connectivity index (χ4n) is 2.20. The summed E-state index contributed by atoms with van der Waals surface area (Å²) in [6.07, 6.45) is -1.05. The van der Waals surface area contributed by atoms with Crippen molar-refractivity contribution in [3.8, 4) is 23.3 Å². The number of carbonyl (C=O) groups is 2. The number of carbonyl (C=O) groups excluding carboxylic acids is 2. The van der Waals surface area contributed by atoms with Crippen molar-refractivity contribution in [1.29, 1.82) is 5.26 Å². The van der Waals surface area contributed by atoms with E-state index in [1.807, 2.05) is 6.07 Å². The minimum absolute atomic E-state index is 0.369. The van der Waals surface area contributed by atoms with E-state index in [2.05, 4.69) is 5.32 Å². The first-order valence-corrected chi connectivity index (χ1v) is 8.32. The molecule has 0 fully saturated rings.